The molecule has 0 aliphatic carbocycles. The molecule has 5 heteroatoms. The van der Waals surface area contributed by atoms with E-state index < -0.39 is 0 Å². The summed E-state index contributed by atoms with van der Waals surface area (Å²) < 4.78 is 5.13. The molecule has 0 spiro atoms. The van der Waals surface area contributed by atoms with Crippen LogP contribution in [0.2, 0.25) is 0 Å². The average molecular weight is 240 g/mol. The van der Waals surface area contributed by atoms with E-state index in [-0.39, 0.29) is 12.0 Å². The zero-order valence-electron chi connectivity index (χ0n) is 10.1. The minimum atomic E-state index is -0.357. The molecule has 1 amide bonds. The smallest absolute Gasteiger partial charge is 0.220 e. The first-order valence-electron chi connectivity index (χ1n) is 5.86. The summed E-state index contributed by atoms with van der Waals surface area (Å²) in [5.41, 5.74) is 0. The van der Waals surface area contributed by atoms with Gasteiger partial charge in [0, 0.05) is 32.5 Å². The maximum absolute atomic E-state index is 11.4. The first-order valence-corrected chi connectivity index (χ1v) is 5.86. The lowest BCUT2D eigenvalue weighted by atomic mass is 10.2. The van der Waals surface area contributed by atoms with Crippen LogP contribution in [0.25, 0.3) is 0 Å². The molecule has 0 bridgehead atoms. The van der Waals surface area contributed by atoms with Gasteiger partial charge in [-0.1, -0.05) is 0 Å². The van der Waals surface area contributed by atoms with Gasteiger partial charge in [0.2, 0.25) is 5.91 Å². The highest BCUT2D eigenvalue weighted by molar-refractivity contribution is 5.76. The molecule has 0 radical (unpaired) electrons. The van der Waals surface area contributed by atoms with Crippen molar-refractivity contribution in [2.24, 2.45) is 0 Å². The predicted octanol–water partition coefficient (Wildman–Crippen LogP) is 0.299. The van der Waals surface area contributed by atoms with E-state index in [9.17, 15) is 4.79 Å². The van der Waals surface area contributed by atoms with Gasteiger partial charge in [0.15, 0.2) is 0 Å². The number of carbonyl (C=O) groups is 1. The van der Waals surface area contributed by atoms with E-state index in [4.69, 9.17) is 9.52 Å². The molecule has 0 aliphatic rings. The van der Waals surface area contributed by atoms with Crippen molar-refractivity contribution in [3.8, 4) is 0 Å². The third-order valence-corrected chi connectivity index (χ3v) is 2.24. The minimum absolute atomic E-state index is 0.0141. The van der Waals surface area contributed by atoms with Crippen molar-refractivity contribution in [1.82, 2.24) is 10.6 Å². The second-order valence-corrected chi connectivity index (χ2v) is 3.98. The lowest BCUT2D eigenvalue weighted by Crippen LogP contribution is -2.34. The van der Waals surface area contributed by atoms with E-state index in [1.54, 1.807) is 13.2 Å². The number of rotatable bonds is 8. The fourth-order valence-electron chi connectivity index (χ4n) is 1.38. The van der Waals surface area contributed by atoms with Gasteiger partial charge in [0.1, 0.15) is 5.76 Å². The molecule has 0 aromatic carbocycles. The summed E-state index contributed by atoms with van der Waals surface area (Å²) in [6.07, 6.45) is 2.31. The molecule has 0 aliphatic heterocycles. The number of aliphatic hydroxyl groups excluding tert-OH is 1. The van der Waals surface area contributed by atoms with Crippen molar-refractivity contribution in [3.05, 3.63) is 24.2 Å². The van der Waals surface area contributed by atoms with Gasteiger partial charge >= 0.3 is 0 Å². The number of furan rings is 1. The maximum atomic E-state index is 11.4. The fraction of sp³-hybridized carbons (Fsp3) is 0.583. The number of carbonyl (C=O) groups excluding carboxylic acids is 1. The van der Waals surface area contributed by atoms with Gasteiger partial charge in [-0.2, -0.15) is 0 Å². The second-order valence-electron chi connectivity index (χ2n) is 3.98. The molecule has 0 saturated heterocycles. The zero-order valence-corrected chi connectivity index (χ0v) is 10.1. The van der Waals surface area contributed by atoms with E-state index in [0.29, 0.717) is 32.5 Å². The number of nitrogens with one attached hydrogen (secondary N) is 2. The molecule has 1 rings (SSSR count). The lowest BCUT2D eigenvalue weighted by molar-refractivity contribution is -0.121. The topological polar surface area (TPSA) is 74.5 Å². The highest BCUT2D eigenvalue weighted by Gasteiger charge is 2.03. The Kier molecular flexibility index (Phi) is 6.35. The number of hydrogen-bond acceptors (Lipinski definition) is 4. The minimum Gasteiger partial charge on any atom is -0.469 e. The van der Waals surface area contributed by atoms with E-state index in [1.165, 1.54) is 0 Å². The largest absolute Gasteiger partial charge is 0.469 e. The molecule has 0 fully saturated rings. The predicted molar refractivity (Wildman–Crippen MR) is 64.6 cm³/mol. The zero-order chi connectivity index (χ0) is 12.5. The summed E-state index contributed by atoms with van der Waals surface area (Å²) >= 11 is 0. The van der Waals surface area contributed by atoms with Gasteiger partial charge in [-0.3, -0.25) is 4.79 Å². The van der Waals surface area contributed by atoms with Crippen LogP contribution in [0.3, 0.4) is 0 Å². The number of aliphatic hydroxyl groups is 1. The van der Waals surface area contributed by atoms with Crippen LogP contribution >= 0.6 is 0 Å². The molecule has 1 unspecified atom stereocenters. The van der Waals surface area contributed by atoms with Crippen LogP contribution in [-0.2, 0) is 11.2 Å². The Hall–Kier alpha value is -1.33. The van der Waals surface area contributed by atoms with Crippen LogP contribution in [0.1, 0.15) is 19.1 Å². The quantitative estimate of drug-likeness (QED) is 0.571. The van der Waals surface area contributed by atoms with Crippen molar-refractivity contribution >= 4 is 5.91 Å². The number of aryl methyl sites for hydroxylation is 1. The first-order chi connectivity index (χ1) is 8.18. The van der Waals surface area contributed by atoms with E-state index >= 15 is 0 Å². The maximum Gasteiger partial charge on any atom is 0.220 e. The normalized spacial score (nSPS) is 12.4. The molecular formula is C12H20N2O3. The van der Waals surface area contributed by atoms with Gasteiger partial charge < -0.3 is 20.2 Å². The summed E-state index contributed by atoms with van der Waals surface area (Å²) in [7, 11) is 0. The van der Waals surface area contributed by atoms with Crippen LogP contribution in [-0.4, -0.2) is 36.8 Å². The Labute approximate surface area is 101 Å². The number of amides is 1. The molecule has 1 atom stereocenters. The Morgan fingerprint density at radius 3 is 3.00 bits per heavy atom. The summed E-state index contributed by atoms with van der Waals surface area (Å²) in [4.78, 5) is 11.4. The highest BCUT2D eigenvalue weighted by atomic mass is 16.3. The molecule has 1 aromatic rings. The van der Waals surface area contributed by atoms with Gasteiger partial charge in [0.05, 0.1) is 12.4 Å². The van der Waals surface area contributed by atoms with Gasteiger partial charge in [-0.05, 0) is 19.1 Å². The monoisotopic (exact) mass is 240 g/mol. The lowest BCUT2D eigenvalue weighted by Gasteiger charge is -2.07. The Morgan fingerprint density at radius 1 is 1.53 bits per heavy atom. The summed E-state index contributed by atoms with van der Waals surface area (Å²) in [6, 6.07) is 3.67. The van der Waals surface area contributed by atoms with E-state index in [2.05, 4.69) is 10.6 Å². The summed E-state index contributed by atoms with van der Waals surface area (Å²) in [5.74, 6) is 0.840. The Bertz CT molecular complexity index is 310. The highest BCUT2D eigenvalue weighted by Crippen LogP contribution is 2.02. The third kappa shape index (κ3) is 6.76. The van der Waals surface area contributed by atoms with Crippen molar-refractivity contribution in [3.63, 3.8) is 0 Å². The summed E-state index contributed by atoms with van der Waals surface area (Å²) in [5, 5.41) is 14.8. The molecule has 17 heavy (non-hydrogen) atoms. The van der Waals surface area contributed by atoms with E-state index in [0.717, 1.165) is 5.76 Å². The van der Waals surface area contributed by atoms with Crippen molar-refractivity contribution in [2.45, 2.75) is 25.9 Å². The summed E-state index contributed by atoms with van der Waals surface area (Å²) in [6.45, 7) is 3.50. The molecule has 3 N–H and O–H groups in total. The van der Waals surface area contributed by atoms with E-state index in [1.807, 2.05) is 12.1 Å². The molecule has 1 aromatic heterocycles. The van der Waals surface area contributed by atoms with Crippen LogP contribution in [0.4, 0.5) is 0 Å². The SMILES string of the molecule is CC(O)CNCCNC(=O)CCc1ccco1. The van der Waals surface area contributed by atoms with Crippen LogP contribution < -0.4 is 10.6 Å². The Balaban J connectivity index is 1.98. The van der Waals surface area contributed by atoms with Crippen molar-refractivity contribution < 1.29 is 14.3 Å². The second kappa shape index (κ2) is 7.86. The van der Waals surface area contributed by atoms with Gasteiger partial charge in [-0.15, -0.1) is 0 Å². The number of hydrogen-bond donors (Lipinski definition) is 3. The molecule has 1 heterocycles. The molecule has 0 saturated carbocycles. The molecular weight excluding hydrogens is 220 g/mol. The molecule has 5 nitrogen and oxygen atoms in total. The van der Waals surface area contributed by atoms with Crippen LogP contribution in [0.15, 0.2) is 22.8 Å². The van der Waals surface area contributed by atoms with Crippen LogP contribution in [0, 0.1) is 0 Å². The fourth-order valence-corrected chi connectivity index (χ4v) is 1.38. The van der Waals surface area contributed by atoms with Gasteiger partial charge in [-0.25, -0.2) is 0 Å². The van der Waals surface area contributed by atoms with Crippen LogP contribution in [0.5, 0.6) is 0 Å². The first kappa shape index (κ1) is 13.7. The van der Waals surface area contributed by atoms with Gasteiger partial charge in [0.25, 0.3) is 0 Å². The van der Waals surface area contributed by atoms with Crippen molar-refractivity contribution in [1.29, 1.82) is 0 Å². The molecule has 96 valence electrons. The van der Waals surface area contributed by atoms with Crippen molar-refractivity contribution in [2.75, 3.05) is 19.6 Å². The third-order valence-electron chi connectivity index (χ3n) is 2.24. The standard InChI is InChI=1S/C12H20N2O3/c1-10(15)9-13-6-7-14-12(16)5-4-11-3-2-8-17-11/h2-3,8,10,13,15H,4-7,9H2,1H3,(H,14,16). The average Bonchev–Trinajstić information content (AvgIpc) is 2.78. The Morgan fingerprint density at radius 2 is 2.35 bits per heavy atom.